The largest absolute Gasteiger partial charge is 0.490 e. The Kier molecular flexibility index (Phi) is 6.47. The molecule has 1 saturated heterocycles. The van der Waals surface area contributed by atoms with E-state index in [1.54, 1.807) is 24.3 Å². The Hall–Kier alpha value is -2.54. The summed E-state index contributed by atoms with van der Waals surface area (Å²) in [6.45, 7) is 5.35. The van der Waals surface area contributed by atoms with Crippen molar-refractivity contribution in [3.63, 3.8) is 0 Å². The van der Waals surface area contributed by atoms with Crippen molar-refractivity contribution in [1.29, 1.82) is 0 Å². The number of nitrogens with one attached hydrogen (secondary N) is 1. The summed E-state index contributed by atoms with van der Waals surface area (Å²) in [7, 11) is -3.40. The fraction of sp³-hybridized carbons (Fsp3) is 0.409. The molecule has 156 valence electrons. The van der Waals surface area contributed by atoms with Crippen LogP contribution in [0.4, 0.5) is 5.69 Å². The molecule has 29 heavy (non-hydrogen) atoms. The van der Waals surface area contributed by atoms with Crippen LogP contribution in [0, 0.1) is 13.8 Å². The molecule has 1 heterocycles. The van der Waals surface area contributed by atoms with Crippen molar-refractivity contribution in [3.05, 3.63) is 59.2 Å². The van der Waals surface area contributed by atoms with Gasteiger partial charge in [0.2, 0.25) is 15.9 Å². The number of benzene rings is 2. The number of para-hydroxylation sites is 1. The standard InChI is InChI=1S/C22H28N2O4S/c1-16-8-9-17(2)21(14-16)28-19-10-12-24(13-11-19)22(25)15-18-6-4-5-7-20(18)23-29(3,26)27/h4-9,14,19,23H,10-13,15H2,1-3H3. The van der Waals surface area contributed by atoms with E-state index in [0.717, 1.165) is 30.4 Å². The first-order chi connectivity index (χ1) is 13.7. The molecule has 0 spiro atoms. The lowest BCUT2D eigenvalue weighted by Gasteiger charge is -2.32. The molecular weight excluding hydrogens is 388 g/mol. The van der Waals surface area contributed by atoms with Gasteiger partial charge in [0.05, 0.1) is 18.4 Å². The first-order valence-corrected chi connectivity index (χ1v) is 11.7. The van der Waals surface area contributed by atoms with E-state index in [1.165, 1.54) is 5.56 Å². The predicted octanol–water partition coefficient (Wildman–Crippen LogP) is 3.29. The zero-order valence-corrected chi connectivity index (χ0v) is 18.0. The average molecular weight is 417 g/mol. The minimum atomic E-state index is -3.40. The number of aryl methyl sites for hydroxylation is 2. The predicted molar refractivity (Wildman–Crippen MR) is 115 cm³/mol. The number of ether oxygens (including phenoxy) is 1. The first-order valence-electron chi connectivity index (χ1n) is 9.78. The van der Waals surface area contributed by atoms with Crippen LogP contribution in [0.2, 0.25) is 0 Å². The number of hydrogen-bond acceptors (Lipinski definition) is 4. The number of rotatable bonds is 6. The van der Waals surface area contributed by atoms with Crippen LogP contribution in [0.1, 0.15) is 29.5 Å². The Morgan fingerprint density at radius 1 is 1.14 bits per heavy atom. The van der Waals surface area contributed by atoms with Gasteiger partial charge >= 0.3 is 0 Å². The summed E-state index contributed by atoms with van der Waals surface area (Å²) < 4.78 is 31.8. The van der Waals surface area contributed by atoms with E-state index in [1.807, 2.05) is 18.7 Å². The third-order valence-electron chi connectivity index (χ3n) is 5.09. The van der Waals surface area contributed by atoms with Crippen molar-refractivity contribution in [2.75, 3.05) is 24.1 Å². The van der Waals surface area contributed by atoms with Crippen molar-refractivity contribution in [2.24, 2.45) is 0 Å². The summed E-state index contributed by atoms with van der Waals surface area (Å²) in [5.74, 6) is 0.911. The maximum atomic E-state index is 12.8. The van der Waals surface area contributed by atoms with Crippen molar-refractivity contribution in [2.45, 2.75) is 39.2 Å². The molecule has 0 aromatic heterocycles. The summed E-state index contributed by atoms with van der Waals surface area (Å²) in [5.41, 5.74) is 3.41. The molecule has 1 aliphatic rings. The van der Waals surface area contributed by atoms with Gasteiger partial charge in [0, 0.05) is 25.9 Å². The molecule has 6 nitrogen and oxygen atoms in total. The Bertz CT molecular complexity index is 980. The number of likely N-dealkylation sites (tertiary alicyclic amines) is 1. The molecule has 0 bridgehead atoms. The highest BCUT2D eigenvalue weighted by atomic mass is 32.2. The van der Waals surface area contributed by atoms with Crippen LogP contribution in [0.5, 0.6) is 5.75 Å². The number of hydrogen-bond donors (Lipinski definition) is 1. The smallest absolute Gasteiger partial charge is 0.229 e. The molecule has 2 aromatic rings. The topological polar surface area (TPSA) is 75.7 Å². The zero-order valence-electron chi connectivity index (χ0n) is 17.1. The summed E-state index contributed by atoms with van der Waals surface area (Å²) >= 11 is 0. The van der Waals surface area contributed by atoms with Gasteiger partial charge in [0.25, 0.3) is 0 Å². The van der Waals surface area contributed by atoms with Gasteiger partial charge in [-0.25, -0.2) is 8.42 Å². The fourth-order valence-electron chi connectivity index (χ4n) is 3.49. The number of amides is 1. The molecule has 7 heteroatoms. The number of nitrogens with zero attached hydrogens (tertiary/aromatic N) is 1. The van der Waals surface area contributed by atoms with Gasteiger partial charge in [0.15, 0.2) is 0 Å². The van der Waals surface area contributed by atoms with Gasteiger partial charge in [-0.15, -0.1) is 0 Å². The molecule has 1 amide bonds. The Morgan fingerprint density at radius 3 is 2.52 bits per heavy atom. The molecule has 2 aromatic carbocycles. The molecule has 1 fully saturated rings. The van der Waals surface area contributed by atoms with Crippen LogP contribution in [0.25, 0.3) is 0 Å². The highest BCUT2D eigenvalue weighted by Gasteiger charge is 2.25. The molecule has 1 N–H and O–H groups in total. The Morgan fingerprint density at radius 2 is 1.83 bits per heavy atom. The SMILES string of the molecule is Cc1ccc(C)c(OC2CCN(C(=O)Cc3ccccc3NS(C)(=O)=O)CC2)c1. The normalized spacial score (nSPS) is 15.2. The number of sulfonamides is 1. The minimum Gasteiger partial charge on any atom is -0.490 e. The average Bonchev–Trinajstić information content (AvgIpc) is 2.66. The van der Waals surface area contributed by atoms with Crippen LogP contribution in [-0.4, -0.2) is 44.7 Å². The second-order valence-corrected chi connectivity index (χ2v) is 9.42. The number of carbonyl (C=O) groups excluding carboxylic acids is 1. The summed E-state index contributed by atoms with van der Waals surface area (Å²) in [6, 6.07) is 13.2. The quantitative estimate of drug-likeness (QED) is 0.784. The highest BCUT2D eigenvalue weighted by molar-refractivity contribution is 7.92. The molecule has 0 radical (unpaired) electrons. The molecule has 0 unspecified atom stereocenters. The van der Waals surface area contributed by atoms with E-state index in [9.17, 15) is 13.2 Å². The lowest BCUT2D eigenvalue weighted by molar-refractivity contribution is -0.132. The summed E-state index contributed by atoms with van der Waals surface area (Å²) in [5, 5.41) is 0. The third kappa shape index (κ3) is 5.97. The maximum Gasteiger partial charge on any atom is 0.229 e. The molecular formula is C22H28N2O4S. The highest BCUT2D eigenvalue weighted by Crippen LogP contribution is 2.25. The van der Waals surface area contributed by atoms with Crippen molar-refractivity contribution in [3.8, 4) is 5.75 Å². The number of anilines is 1. The van der Waals surface area contributed by atoms with E-state index in [2.05, 4.69) is 22.9 Å². The van der Waals surface area contributed by atoms with Gasteiger partial charge < -0.3 is 9.64 Å². The molecule has 3 rings (SSSR count). The minimum absolute atomic E-state index is 0.00191. The van der Waals surface area contributed by atoms with Gasteiger partial charge in [-0.05, 0) is 42.7 Å². The zero-order chi connectivity index (χ0) is 21.0. The Labute approximate surface area is 172 Å². The molecule has 0 saturated carbocycles. The van der Waals surface area contributed by atoms with Crippen molar-refractivity contribution < 1.29 is 17.9 Å². The summed E-state index contributed by atoms with van der Waals surface area (Å²) in [4.78, 5) is 14.6. The first kappa shape index (κ1) is 21.2. The van der Waals surface area contributed by atoms with Crippen LogP contribution >= 0.6 is 0 Å². The van der Waals surface area contributed by atoms with Gasteiger partial charge in [-0.1, -0.05) is 30.3 Å². The number of piperidine rings is 1. The summed E-state index contributed by atoms with van der Waals surface area (Å²) in [6.07, 6.45) is 2.93. The van der Waals surface area contributed by atoms with E-state index in [4.69, 9.17) is 4.74 Å². The second-order valence-electron chi connectivity index (χ2n) is 7.68. The second kappa shape index (κ2) is 8.86. The van der Waals surface area contributed by atoms with Gasteiger partial charge in [-0.3, -0.25) is 9.52 Å². The lowest BCUT2D eigenvalue weighted by Crippen LogP contribution is -2.42. The maximum absolute atomic E-state index is 12.8. The van der Waals surface area contributed by atoms with Crippen LogP contribution in [-0.2, 0) is 21.2 Å². The van der Waals surface area contributed by atoms with Crippen LogP contribution < -0.4 is 9.46 Å². The lowest BCUT2D eigenvalue weighted by atomic mass is 10.0. The third-order valence-corrected chi connectivity index (χ3v) is 5.68. The molecule has 1 aliphatic heterocycles. The van der Waals surface area contributed by atoms with Crippen molar-refractivity contribution in [1.82, 2.24) is 4.90 Å². The fourth-order valence-corrected chi connectivity index (χ4v) is 4.08. The van der Waals surface area contributed by atoms with Crippen molar-refractivity contribution >= 4 is 21.6 Å². The van der Waals surface area contributed by atoms with E-state index in [0.29, 0.717) is 24.3 Å². The monoisotopic (exact) mass is 416 g/mol. The van der Waals surface area contributed by atoms with Crippen LogP contribution in [0.3, 0.4) is 0 Å². The van der Waals surface area contributed by atoms with Gasteiger partial charge in [0.1, 0.15) is 11.9 Å². The molecule has 0 atom stereocenters. The van der Waals surface area contributed by atoms with E-state index in [-0.39, 0.29) is 18.4 Å². The Balaban J connectivity index is 1.58. The number of carbonyl (C=O) groups is 1. The van der Waals surface area contributed by atoms with Crippen LogP contribution in [0.15, 0.2) is 42.5 Å². The molecule has 0 aliphatic carbocycles. The van der Waals surface area contributed by atoms with E-state index < -0.39 is 10.0 Å². The van der Waals surface area contributed by atoms with Gasteiger partial charge in [-0.2, -0.15) is 0 Å². The van der Waals surface area contributed by atoms with E-state index >= 15 is 0 Å².